The van der Waals surface area contributed by atoms with E-state index in [9.17, 15) is 4.79 Å². The van der Waals surface area contributed by atoms with Gasteiger partial charge in [-0.15, -0.1) is 0 Å². The van der Waals surface area contributed by atoms with Crippen LogP contribution in [0.2, 0.25) is 0 Å². The number of carbonyl (C=O) groups is 1. The Morgan fingerprint density at radius 1 is 0.926 bits per heavy atom. The summed E-state index contributed by atoms with van der Waals surface area (Å²) >= 11 is 0. The van der Waals surface area contributed by atoms with Gasteiger partial charge in [0, 0.05) is 5.82 Å². The fourth-order valence-corrected chi connectivity index (χ4v) is 3.24. The third-order valence-electron chi connectivity index (χ3n) is 5.66. The molecule has 5 heteroatoms. The molecule has 1 aliphatic heterocycles. The van der Waals surface area contributed by atoms with Crippen LogP contribution in [0.1, 0.15) is 45.5 Å². The molecule has 1 fully saturated rings. The average molecular weight is 366 g/mol. The highest BCUT2D eigenvalue weighted by Crippen LogP contribution is 2.42. The topological polar surface area (TPSA) is 44.8 Å². The molecule has 0 radical (unpaired) electrons. The summed E-state index contributed by atoms with van der Waals surface area (Å²) in [6.07, 6.45) is 0.206. The number of benzene rings is 2. The molecular formula is C22H27BO4. The van der Waals surface area contributed by atoms with Crippen LogP contribution >= 0.6 is 0 Å². The SMILES string of the molecule is COC(=O)CC(B1OC(C)(C)C(C)(C)O1)c1ccc(-c2ccccc2)cc1. The van der Waals surface area contributed by atoms with Crippen molar-refractivity contribution in [2.24, 2.45) is 0 Å². The molecule has 2 aromatic carbocycles. The van der Waals surface area contributed by atoms with E-state index in [4.69, 9.17) is 14.0 Å². The van der Waals surface area contributed by atoms with E-state index >= 15 is 0 Å². The van der Waals surface area contributed by atoms with Gasteiger partial charge in [0.25, 0.3) is 0 Å². The van der Waals surface area contributed by atoms with Crippen molar-refractivity contribution in [3.63, 3.8) is 0 Å². The minimum Gasteiger partial charge on any atom is -0.469 e. The van der Waals surface area contributed by atoms with Crippen LogP contribution in [0.5, 0.6) is 0 Å². The van der Waals surface area contributed by atoms with Crippen molar-refractivity contribution in [1.29, 1.82) is 0 Å². The smallest absolute Gasteiger partial charge is 0.466 e. The Bertz CT molecular complexity index is 768. The second-order valence-electron chi connectivity index (χ2n) is 8.00. The lowest BCUT2D eigenvalue weighted by Gasteiger charge is -2.32. The minimum absolute atomic E-state index is 0.206. The van der Waals surface area contributed by atoms with Crippen LogP contribution in [0.25, 0.3) is 11.1 Å². The van der Waals surface area contributed by atoms with Crippen LogP contribution in [0.15, 0.2) is 54.6 Å². The molecule has 142 valence electrons. The van der Waals surface area contributed by atoms with Gasteiger partial charge in [0.05, 0.1) is 24.7 Å². The van der Waals surface area contributed by atoms with Crippen LogP contribution in [0.4, 0.5) is 0 Å². The van der Waals surface area contributed by atoms with E-state index in [1.165, 1.54) is 7.11 Å². The number of carbonyl (C=O) groups excluding carboxylic acids is 1. The van der Waals surface area contributed by atoms with E-state index in [0.29, 0.717) is 0 Å². The second kappa shape index (κ2) is 7.49. The standard InChI is InChI=1S/C22H27BO4/c1-21(2)22(3,4)27-23(26-21)19(15-20(24)25-5)18-13-11-17(12-14-18)16-9-7-6-8-10-16/h6-14,19H,15H2,1-5H3. The van der Waals surface area contributed by atoms with Crippen molar-refractivity contribution in [3.05, 3.63) is 60.2 Å². The molecule has 0 bridgehead atoms. The molecule has 0 saturated carbocycles. The summed E-state index contributed by atoms with van der Waals surface area (Å²) in [6, 6.07) is 18.4. The number of hydrogen-bond acceptors (Lipinski definition) is 4. The van der Waals surface area contributed by atoms with Gasteiger partial charge in [-0.1, -0.05) is 54.6 Å². The van der Waals surface area contributed by atoms with Crippen molar-refractivity contribution in [2.75, 3.05) is 7.11 Å². The molecule has 1 unspecified atom stereocenters. The fraction of sp³-hybridized carbons (Fsp3) is 0.409. The highest BCUT2D eigenvalue weighted by Gasteiger charge is 2.54. The van der Waals surface area contributed by atoms with E-state index in [1.807, 2.05) is 58.0 Å². The monoisotopic (exact) mass is 366 g/mol. The maximum atomic E-state index is 12.0. The summed E-state index contributed by atoms with van der Waals surface area (Å²) in [6.45, 7) is 8.06. The summed E-state index contributed by atoms with van der Waals surface area (Å²) < 4.78 is 17.3. The van der Waals surface area contributed by atoms with E-state index in [1.54, 1.807) is 0 Å². The first-order chi connectivity index (χ1) is 12.7. The van der Waals surface area contributed by atoms with Crippen LogP contribution in [-0.2, 0) is 18.8 Å². The first kappa shape index (κ1) is 19.7. The maximum Gasteiger partial charge on any atom is 0.466 e. The summed E-state index contributed by atoms with van der Waals surface area (Å²) in [5.74, 6) is -0.509. The summed E-state index contributed by atoms with van der Waals surface area (Å²) in [4.78, 5) is 12.0. The molecule has 1 saturated heterocycles. The van der Waals surface area contributed by atoms with Crippen molar-refractivity contribution < 1.29 is 18.8 Å². The molecule has 0 amide bonds. The molecule has 1 atom stereocenters. The molecule has 0 spiro atoms. The number of methoxy groups -OCH3 is 1. The van der Waals surface area contributed by atoms with E-state index in [0.717, 1.165) is 16.7 Å². The van der Waals surface area contributed by atoms with Gasteiger partial charge < -0.3 is 14.0 Å². The third kappa shape index (κ3) is 4.09. The third-order valence-corrected chi connectivity index (χ3v) is 5.66. The first-order valence-electron chi connectivity index (χ1n) is 9.31. The van der Waals surface area contributed by atoms with Crippen LogP contribution in [0.3, 0.4) is 0 Å². The lowest BCUT2D eigenvalue weighted by atomic mass is 9.66. The Labute approximate surface area is 162 Å². The molecule has 0 N–H and O–H groups in total. The zero-order valence-electron chi connectivity index (χ0n) is 16.7. The van der Waals surface area contributed by atoms with E-state index in [2.05, 4.69) is 24.3 Å². The molecule has 4 nitrogen and oxygen atoms in total. The Balaban J connectivity index is 1.89. The Kier molecular flexibility index (Phi) is 5.45. The molecule has 0 aromatic heterocycles. The lowest BCUT2D eigenvalue weighted by Crippen LogP contribution is -2.41. The first-order valence-corrected chi connectivity index (χ1v) is 9.31. The van der Waals surface area contributed by atoms with Gasteiger partial charge in [-0.2, -0.15) is 0 Å². The highest BCUT2D eigenvalue weighted by molar-refractivity contribution is 6.48. The van der Waals surface area contributed by atoms with E-state index in [-0.39, 0.29) is 18.2 Å². The van der Waals surface area contributed by atoms with Gasteiger partial charge in [0.1, 0.15) is 0 Å². The Hall–Kier alpha value is -2.11. The van der Waals surface area contributed by atoms with Gasteiger partial charge in [-0.3, -0.25) is 4.79 Å². The zero-order chi connectivity index (χ0) is 19.7. The lowest BCUT2D eigenvalue weighted by molar-refractivity contribution is -0.140. The van der Waals surface area contributed by atoms with Gasteiger partial charge in [-0.05, 0) is 44.4 Å². The van der Waals surface area contributed by atoms with Gasteiger partial charge in [-0.25, -0.2) is 0 Å². The fourth-order valence-electron chi connectivity index (χ4n) is 3.24. The largest absolute Gasteiger partial charge is 0.469 e. The molecule has 3 rings (SSSR count). The molecular weight excluding hydrogens is 339 g/mol. The summed E-state index contributed by atoms with van der Waals surface area (Å²) in [5.41, 5.74) is 2.39. The maximum absolute atomic E-state index is 12.0. The predicted molar refractivity (Wildman–Crippen MR) is 107 cm³/mol. The molecule has 1 aliphatic rings. The van der Waals surface area contributed by atoms with E-state index < -0.39 is 18.3 Å². The van der Waals surface area contributed by atoms with Crippen molar-refractivity contribution in [1.82, 2.24) is 0 Å². The highest BCUT2D eigenvalue weighted by atomic mass is 16.7. The summed E-state index contributed by atoms with van der Waals surface area (Å²) in [7, 11) is 0.902. The number of esters is 1. The van der Waals surface area contributed by atoms with Gasteiger partial charge in [0.15, 0.2) is 0 Å². The number of hydrogen-bond donors (Lipinski definition) is 0. The van der Waals surface area contributed by atoms with Gasteiger partial charge in [0.2, 0.25) is 0 Å². The average Bonchev–Trinajstić information content (AvgIpc) is 2.87. The second-order valence-corrected chi connectivity index (χ2v) is 8.00. The molecule has 1 heterocycles. The zero-order valence-corrected chi connectivity index (χ0v) is 16.7. The van der Waals surface area contributed by atoms with Gasteiger partial charge >= 0.3 is 13.1 Å². The van der Waals surface area contributed by atoms with Crippen LogP contribution < -0.4 is 0 Å². The predicted octanol–water partition coefficient (Wildman–Crippen LogP) is 4.63. The number of ether oxygens (including phenoxy) is 1. The molecule has 2 aromatic rings. The van der Waals surface area contributed by atoms with Crippen molar-refractivity contribution in [3.8, 4) is 11.1 Å². The normalized spacial score (nSPS) is 18.9. The molecule has 0 aliphatic carbocycles. The number of rotatable bonds is 5. The quantitative estimate of drug-likeness (QED) is 0.572. The Morgan fingerprint density at radius 2 is 1.44 bits per heavy atom. The Morgan fingerprint density at radius 3 is 1.96 bits per heavy atom. The minimum atomic E-state index is -0.503. The van der Waals surface area contributed by atoms with Crippen LogP contribution in [-0.4, -0.2) is 31.4 Å². The van der Waals surface area contributed by atoms with Crippen molar-refractivity contribution >= 4 is 13.1 Å². The van der Waals surface area contributed by atoms with Crippen molar-refractivity contribution in [2.45, 2.75) is 51.1 Å². The summed E-state index contributed by atoms with van der Waals surface area (Å²) in [5, 5.41) is 0. The molecule has 27 heavy (non-hydrogen) atoms. The van der Waals surface area contributed by atoms with Crippen LogP contribution in [0, 0.1) is 0 Å².